The number of hydrogen-bond acceptors (Lipinski definition) is 5. The van der Waals surface area contributed by atoms with E-state index >= 15 is 0 Å². The lowest BCUT2D eigenvalue weighted by molar-refractivity contribution is -0.125. The van der Waals surface area contributed by atoms with Crippen LogP contribution in [0.2, 0.25) is 0 Å². The third-order valence-electron chi connectivity index (χ3n) is 5.57. The molecular weight excluding hydrogens is 430 g/mol. The second kappa shape index (κ2) is 10.1. The maximum absolute atomic E-state index is 13.1. The van der Waals surface area contributed by atoms with Gasteiger partial charge in [0.2, 0.25) is 5.91 Å². The third-order valence-corrected chi connectivity index (χ3v) is 6.95. The summed E-state index contributed by atoms with van der Waals surface area (Å²) in [5, 5.41) is 2.78. The Labute approximate surface area is 189 Å². The molecule has 1 aliphatic rings. The van der Waals surface area contributed by atoms with Crippen molar-refractivity contribution in [3.05, 3.63) is 59.2 Å². The van der Waals surface area contributed by atoms with Gasteiger partial charge in [-0.15, -0.1) is 0 Å². The van der Waals surface area contributed by atoms with Crippen molar-refractivity contribution in [2.45, 2.75) is 37.6 Å². The minimum absolute atomic E-state index is 0.157. The number of likely N-dealkylation sites (tertiary alicyclic amines) is 1. The summed E-state index contributed by atoms with van der Waals surface area (Å²) >= 11 is 0. The average Bonchev–Trinajstić information content (AvgIpc) is 3.25. The number of nitrogens with zero attached hydrogens (tertiary/aromatic N) is 1. The molecule has 8 nitrogen and oxygen atoms in total. The molecule has 0 aliphatic carbocycles. The van der Waals surface area contributed by atoms with Crippen LogP contribution < -0.4 is 10.0 Å². The number of ether oxygens (including phenoxy) is 1. The standard InChI is InChI=1S/C23H29N3O5S/c1-16-9-10-20(14-17(16)2)32(29,30)25-19-7-4-6-18(15-19)23(28)26-12-5-8-21(26)22(27)24-11-13-31-3/h4,6-7,9-10,14-15,21,25H,5,8,11-13H2,1-3H3,(H,24,27). The number of carbonyl (C=O) groups is 2. The first-order valence-corrected chi connectivity index (χ1v) is 12.0. The van der Waals surface area contributed by atoms with Crippen molar-refractivity contribution in [1.82, 2.24) is 10.2 Å². The van der Waals surface area contributed by atoms with Crippen molar-refractivity contribution in [2.75, 3.05) is 31.5 Å². The molecule has 172 valence electrons. The van der Waals surface area contributed by atoms with Gasteiger partial charge in [-0.05, 0) is 68.1 Å². The molecule has 1 saturated heterocycles. The van der Waals surface area contributed by atoms with Crippen LogP contribution in [0.15, 0.2) is 47.4 Å². The number of anilines is 1. The lowest BCUT2D eigenvalue weighted by atomic mass is 10.1. The van der Waals surface area contributed by atoms with E-state index in [-0.39, 0.29) is 22.4 Å². The molecule has 2 aromatic rings. The molecule has 0 aromatic heterocycles. The van der Waals surface area contributed by atoms with E-state index in [1.807, 2.05) is 13.8 Å². The van der Waals surface area contributed by atoms with Gasteiger partial charge < -0.3 is 15.0 Å². The van der Waals surface area contributed by atoms with Crippen molar-refractivity contribution in [3.8, 4) is 0 Å². The Morgan fingerprint density at radius 3 is 2.62 bits per heavy atom. The zero-order chi connectivity index (χ0) is 23.3. The highest BCUT2D eigenvalue weighted by atomic mass is 32.2. The second-order valence-electron chi connectivity index (χ2n) is 7.87. The molecule has 2 aromatic carbocycles. The van der Waals surface area contributed by atoms with Gasteiger partial charge in [-0.2, -0.15) is 0 Å². The van der Waals surface area contributed by atoms with Crippen molar-refractivity contribution in [1.29, 1.82) is 0 Å². The maximum Gasteiger partial charge on any atom is 0.261 e. The van der Waals surface area contributed by atoms with Crippen LogP contribution in [0.1, 0.15) is 34.3 Å². The first-order valence-electron chi connectivity index (χ1n) is 10.5. The Bertz CT molecular complexity index is 1100. The highest BCUT2D eigenvalue weighted by Gasteiger charge is 2.34. The first-order chi connectivity index (χ1) is 15.2. The van der Waals surface area contributed by atoms with Crippen molar-refractivity contribution >= 4 is 27.5 Å². The van der Waals surface area contributed by atoms with Gasteiger partial charge in [0.1, 0.15) is 6.04 Å². The minimum atomic E-state index is -3.80. The smallest absolute Gasteiger partial charge is 0.261 e. The van der Waals surface area contributed by atoms with Crippen LogP contribution in [0.3, 0.4) is 0 Å². The number of carbonyl (C=O) groups excluding carboxylic acids is 2. The number of methoxy groups -OCH3 is 1. The lowest BCUT2D eigenvalue weighted by Crippen LogP contribution is -2.46. The molecule has 0 spiro atoms. The van der Waals surface area contributed by atoms with Crippen LogP contribution in [-0.4, -0.2) is 58.0 Å². The number of sulfonamides is 1. The summed E-state index contributed by atoms with van der Waals surface area (Å²) < 4.78 is 33.1. The Balaban J connectivity index is 1.75. The van der Waals surface area contributed by atoms with Gasteiger partial charge in [0.25, 0.3) is 15.9 Å². The molecule has 0 bridgehead atoms. The highest BCUT2D eigenvalue weighted by molar-refractivity contribution is 7.92. The van der Waals surface area contributed by atoms with E-state index in [0.717, 1.165) is 17.5 Å². The van der Waals surface area contributed by atoms with E-state index in [9.17, 15) is 18.0 Å². The maximum atomic E-state index is 13.1. The predicted molar refractivity (Wildman–Crippen MR) is 122 cm³/mol. The van der Waals surface area contributed by atoms with Crippen LogP contribution in [0, 0.1) is 13.8 Å². The van der Waals surface area contributed by atoms with Crippen molar-refractivity contribution < 1.29 is 22.7 Å². The molecule has 1 heterocycles. The molecule has 32 heavy (non-hydrogen) atoms. The molecule has 1 fully saturated rings. The van der Waals surface area contributed by atoms with Crippen LogP contribution in [0.25, 0.3) is 0 Å². The molecule has 1 atom stereocenters. The molecule has 2 N–H and O–H groups in total. The fourth-order valence-electron chi connectivity index (χ4n) is 3.65. The fourth-order valence-corrected chi connectivity index (χ4v) is 4.79. The topological polar surface area (TPSA) is 105 Å². The number of hydrogen-bond donors (Lipinski definition) is 2. The Hall–Kier alpha value is -2.91. The normalized spacial score (nSPS) is 16.1. The number of aryl methyl sites for hydroxylation is 2. The summed E-state index contributed by atoms with van der Waals surface area (Å²) in [5.74, 6) is -0.513. The van der Waals surface area contributed by atoms with Gasteiger partial charge in [0.15, 0.2) is 0 Å². The van der Waals surface area contributed by atoms with E-state index in [4.69, 9.17) is 4.74 Å². The summed E-state index contributed by atoms with van der Waals surface area (Å²) in [6.07, 6.45) is 1.32. The quantitative estimate of drug-likeness (QED) is 0.590. The molecule has 9 heteroatoms. The lowest BCUT2D eigenvalue weighted by Gasteiger charge is -2.24. The minimum Gasteiger partial charge on any atom is -0.383 e. The molecule has 1 unspecified atom stereocenters. The Kier molecular flexibility index (Phi) is 7.52. The van der Waals surface area contributed by atoms with Crippen LogP contribution in [0.4, 0.5) is 5.69 Å². The highest BCUT2D eigenvalue weighted by Crippen LogP contribution is 2.23. The zero-order valence-electron chi connectivity index (χ0n) is 18.6. The van der Waals surface area contributed by atoms with Crippen LogP contribution >= 0.6 is 0 Å². The summed E-state index contributed by atoms with van der Waals surface area (Å²) in [5.41, 5.74) is 2.49. The predicted octanol–water partition coefficient (Wildman–Crippen LogP) is 2.47. The molecule has 0 radical (unpaired) electrons. The van der Waals surface area contributed by atoms with E-state index < -0.39 is 16.1 Å². The van der Waals surface area contributed by atoms with E-state index in [0.29, 0.717) is 31.7 Å². The third kappa shape index (κ3) is 5.46. The molecule has 1 aliphatic heterocycles. The fraction of sp³-hybridized carbons (Fsp3) is 0.391. The molecular formula is C23H29N3O5S. The average molecular weight is 460 g/mol. The Morgan fingerprint density at radius 1 is 1.12 bits per heavy atom. The first kappa shape index (κ1) is 23.7. The second-order valence-corrected chi connectivity index (χ2v) is 9.56. The molecule has 0 saturated carbocycles. The van der Waals surface area contributed by atoms with Gasteiger partial charge in [-0.3, -0.25) is 14.3 Å². The van der Waals surface area contributed by atoms with Gasteiger partial charge in [0, 0.05) is 31.5 Å². The summed E-state index contributed by atoms with van der Waals surface area (Å²) in [6.45, 7) is 5.02. The van der Waals surface area contributed by atoms with Gasteiger partial charge >= 0.3 is 0 Å². The van der Waals surface area contributed by atoms with E-state index in [1.165, 1.54) is 6.07 Å². The van der Waals surface area contributed by atoms with Crippen LogP contribution in [0.5, 0.6) is 0 Å². The number of benzene rings is 2. The van der Waals surface area contributed by atoms with Crippen molar-refractivity contribution in [3.63, 3.8) is 0 Å². The van der Waals surface area contributed by atoms with Gasteiger partial charge in [-0.1, -0.05) is 12.1 Å². The largest absolute Gasteiger partial charge is 0.383 e. The monoisotopic (exact) mass is 459 g/mol. The number of rotatable bonds is 8. The SMILES string of the molecule is COCCNC(=O)C1CCCN1C(=O)c1cccc(NS(=O)(=O)c2ccc(C)c(C)c2)c1. The van der Waals surface area contributed by atoms with Crippen molar-refractivity contribution in [2.24, 2.45) is 0 Å². The molecule has 2 amide bonds. The number of nitrogens with one attached hydrogen (secondary N) is 2. The zero-order valence-corrected chi connectivity index (χ0v) is 19.4. The van der Waals surface area contributed by atoms with Crippen LogP contribution in [-0.2, 0) is 19.6 Å². The summed E-state index contributed by atoms with van der Waals surface area (Å²) in [7, 11) is -2.25. The van der Waals surface area contributed by atoms with E-state index in [2.05, 4.69) is 10.0 Å². The van der Waals surface area contributed by atoms with Gasteiger partial charge in [0.05, 0.1) is 11.5 Å². The molecule has 3 rings (SSSR count). The van der Waals surface area contributed by atoms with E-state index in [1.54, 1.807) is 48.4 Å². The van der Waals surface area contributed by atoms with Gasteiger partial charge in [-0.25, -0.2) is 8.42 Å². The Morgan fingerprint density at radius 2 is 1.91 bits per heavy atom. The summed E-state index contributed by atoms with van der Waals surface area (Å²) in [6, 6.07) is 10.7. The summed E-state index contributed by atoms with van der Waals surface area (Å²) in [4.78, 5) is 27.3. The number of amides is 2.